The molecule has 7 nitrogen and oxygen atoms in total. The molecule has 0 aliphatic carbocycles. The van der Waals surface area contributed by atoms with E-state index in [2.05, 4.69) is 5.32 Å². The summed E-state index contributed by atoms with van der Waals surface area (Å²) in [7, 11) is 0. The van der Waals surface area contributed by atoms with E-state index in [0.29, 0.717) is 12.3 Å². The number of aliphatic carboxylic acids is 1. The van der Waals surface area contributed by atoms with Gasteiger partial charge in [0.15, 0.2) is 5.37 Å². The summed E-state index contributed by atoms with van der Waals surface area (Å²) < 4.78 is 4.98. The van der Waals surface area contributed by atoms with Gasteiger partial charge in [-0.15, -0.1) is 11.8 Å². The third-order valence-electron chi connectivity index (χ3n) is 2.21. The lowest BCUT2D eigenvalue weighted by atomic mass is 10.2. The number of thioether (sulfide) groups is 1. The third-order valence-corrected chi connectivity index (χ3v) is 3.40. The normalized spacial score (nSPS) is 19.1. The molecule has 1 heterocycles. The number of ether oxygens (including phenoxy) is 1. The Balaban J connectivity index is 2.43. The fraction of sp³-hybridized carbons (Fsp3) is 0.727. The van der Waals surface area contributed by atoms with Crippen LogP contribution in [0.4, 0.5) is 4.79 Å². The predicted molar refractivity (Wildman–Crippen MR) is 69.8 cm³/mol. The van der Waals surface area contributed by atoms with Crippen LogP contribution in [0.15, 0.2) is 0 Å². The Morgan fingerprint density at radius 3 is 2.58 bits per heavy atom. The zero-order chi connectivity index (χ0) is 14.6. The van der Waals surface area contributed by atoms with Gasteiger partial charge in [-0.25, -0.2) is 9.59 Å². The first-order chi connectivity index (χ1) is 8.70. The molecule has 0 aromatic rings. The minimum absolute atomic E-state index is 0.265. The molecule has 0 spiro atoms. The van der Waals surface area contributed by atoms with Gasteiger partial charge in [-0.3, -0.25) is 4.79 Å². The zero-order valence-corrected chi connectivity index (χ0v) is 12.0. The van der Waals surface area contributed by atoms with E-state index >= 15 is 0 Å². The van der Waals surface area contributed by atoms with E-state index in [0.717, 1.165) is 0 Å². The second kappa shape index (κ2) is 6.14. The topological polar surface area (TPSA) is 95.9 Å². The van der Waals surface area contributed by atoms with Crippen LogP contribution in [0.1, 0.15) is 20.8 Å². The Morgan fingerprint density at radius 1 is 1.42 bits per heavy atom. The van der Waals surface area contributed by atoms with Crippen LogP contribution in [0.25, 0.3) is 0 Å². The quantitative estimate of drug-likeness (QED) is 0.785. The van der Waals surface area contributed by atoms with Crippen molar-refractivity contribution in [1.29, 1.82) is 0 Å². The van der Waals surface area contributed by atoms with Gasteiger partial charge in [0.25, 0.3) is 0 Å². The number of carbonyl (C=O) groups is 3. The number of rotatable bonds is 3. The second-order valence-corrected chi connectivity index (χ2v) is 6.19. The number of hydrogen-bond donors (Lipinski definition) is 2. The minimum atomic E-state index is -1.05. The molecular weight excluding hydrogens is 272 g/mol. The standard InChI is InChI=1S/C11H18N2O5S/c1-11(2,3)18-10(17)12-6-7(14)13-4-5-19-8(13)9(15)16/h8H,4-6H2,1-3H3,(H,12,17)(H,15,16). The van der Waals surface area contributed by atoms with Gasteiger partial charge in [0.05, 0.1) is 0 Å². The summed E-state index contributed by atoms with van der Waals surface area (Å²) in [4.78, 5) is 35.3. The van der Waals surface area contributed by atoms with Gasteiger partial charge in [-0.05, 0) is 20.8 Å². The first kappa shape index (κ1) is 15.6. The molecule has 1 aliphatic heterocycles. The summed E-state index contributed by atoms with van der Waals surface area (Å²) in [6, 6.07) is 0. The highest BCUT2D eigenvalue weighted by Crippen LogP contribution is 2.23. The Kier molecular flexibility index (Phi) is 5.04. The van der Waals surface area contributed by atoms with Crippen LogP contribution in [0.3, 0.4) is 0 Å². The predicted octanol–water partition coefficient (Wildman–Crippen LogP) is 0.497. The first-order valence-corrected chi connectivity index (χ1v) is 6.86. The van der Waals surface area contributed by atoms with E-state index in [1.807, 2.05) is 0 Å². The number of amides is 2. The molecule has 2 amide bonds. The van der Waals surface area contributed by atoms with Gasteiger partial charge in [0.2, 0.25) is 5.91 Å². The number of carbonyl (C=O) groups excluding carboxylic acids is 2. The lowest BCUT2D eigenvalue weighted by Gasteiger charge is -2.22. The van der Waals surface area contributed by atoms with Crippen LogP contribution in [-0.4, -0.2) is 57.8 Å². The van der Waals surface area contributed by atoms with Gasteiger partial charge >= 0.3 is 12.1 Å². The first-order valence-electron chi connectivity index (χ1n) is 5.81. The Morgan fingerprint density at radius 2 is 2.05 bits per heavy atom. The number of hydrogen-bond acceptors (Lipinski definition) is 5. The lowest BCUT2D eigenvalue weighted by Crippen LogP contribution is -2.45. The maximum absolute atomic E-state index is 11.8. The van der Waals surface area contributed by atoms with Crippen molar-refractivity contribution in [2.75, 3.05) is 18.8 Å². The molecule has 2 N–H and O–H groups in total. The molecular formula is C11H18N2O5S. The highest BCUT2D eigenvalue weighted by Gasteiger charge is 2.34. The fourth-order valence-corrected chi connectivity index (χ4v) is 2.56. The molecule has 0 bridgehead atoms. The van der Waals surface area contributed by atoms with Crippen molar-refractivity contribution < 1.29 is 24.2 Å². The van der Waals surface area contributed by atoms with Crippen LogP contribution in [-0.2, 0) is 14.3 Å². The molecule has 1 atom stereocenters. The van der Waals surface area contributed by atoms with Crippen molar-refractivity contribution in [3.63, 3.8) is 0 Å². The molecule has 1 rings (SSSR count). The molecule has 1 fully saturated rings. The van der Waals surface area contributed by atoms with Crippen LogP contribution in [0.5, 0.6) is 0 Å². The van der Waals surface area contributed by atoms with Gasteiger partial charge in [0.1, 0.15) is 12.1 Å². The van der Waals surface area contributed by atoms with Crippen molar-refractivity contribution >= 4 is 29.7 Å². The van der Waals surface area contributed by atoms with E-state index in [1.165, 1.54) is 16.7 Å². The molecule has 0 saturated carbocycles. The van der Waals surface area contributed by atoms with E-state index in [9.17, 15) is 14.4 Å². The molecule has 8 heteroatoms. The largest absolute Gasteiger partial charge is 0.479 e. The molecule has 108 valence electrons. The molecule has 0 aromatic carbocycles. The maximum Gasteiger partial charge on any atom is 0.408 e. The van der Waals surface area contributed by atoms with Crippen LogP contribution >= 0.6 is 11.8 Å². The summed E-state index contributed by atoms with van der Waals surface area (Å²) in [5.41, 5.74) is -0.639. The summed E-state index contributed by atoms with van der Waals surface area (Å²) in [5, 5.41) is 10.4. The molecule has 1 aliphatic rings. The minimum Gasteiger partial charge on any atom is -0.479 e. The van der Waals surface area contributed by atoms with E-state index in [-0.39, 0.29) is 6.54 Å². The Bertz CT molecular complexity index is 380. The number of nitrogens with zero attached hydrogens (tertiary/aromatic N) is 1. The molecule has 1 unspecified atom stereocenters. The van der Waals surface area contributed by atoms with E-state index in [1.54, 1.807) is 20.8 Å². The highest BCUT2D eigenvalue weighted by atomic mass is 32.2. The smallest absolute Gasteiger partial charge is 0.408 e. The zero-order valence-electron chi connectivity index (χ0n) is 11.1. The van der Waals surface area contributed by atoms with Crippen LogP contribution < -0.4 is 5.32 Å². The summed E-state index contributed by atoms with van der Waals surface area (Å²) in [6.45, 7) is 5.25. The molecule has 0 radical (unpaired) electrons. The number of carboxylic acids is 1. The summed E-state index contributed by atoms with van der Waals surface area (Å²) >= 11 is 1.19. The van der Waals surface area contributed by atoms with Gasteiger partial charge in [-0.1, -0.05) is 0 Å². The Hall–Kier alpha value is -1.44. The third kappa shape index (κ3) is 4.98. The van der Waals surface area contributed by atoms with Gasteiger partial charge in [-0.2, -0.15) is 0 Å². The second-order valence-electron chi connectivity index (χ2n) is 5.00. The molecule has 1 saturated heterocycles. The van der Waals surface area contributed by atoms with Crippen molar-refractivity contribution in [3.8, 4) is 0 Å². The lowest BCUT2D eigenvalue weighted by molar-refractivity contribution is -0.145. The fourth-order valence-electron chi connectivity index (χ4n) is 1.49. The number of carboxylic acid groups (broad SMARTS) is 1. The van der Waals surface area contributed by atoms with Crippen molar-refractivity contribution in [1.82, 2.24) is 10.2 Å². The Labute approximate surface area is 115 Å². The van der Waals surface area contributed by atoms with Crippen LogP contribution in [0, 0.1) is 0 Å². The van der Waals surface area contributed by atoms with Crippen molar-refractivity contribution in [2.45, 2.75) is 31.7 Å². The average Bonchev–Trinajstić information content (AvgIpc) is 2.72. The SMILES string of the molecule is CC(C)(C)OC(=O)NCC(=O)N1CCSC1C(=O)O. The van der Waals surface area contributed by atoms with Crippen LogP contribution in [0.2, 0.25) is 0 Å². The monoisotopic (exact) mass is 290 g/mol. The van der Waals surface area contributed by atoms with E-state index < -0.39 is 28.9 Å². The van der Waals surface area contributed by atoms with Crippen molar-refractivity contribution in [2.24, 2.45) is 0 Å². The maximum atomic E-state index is 11.8. The number of alkyl carbamates (subject to hydrolysis) is 1. The number of nitrogens with one attached hydrogen (secondary N) is 1. The van der Waals surface area contributed by atoms with E-state index in [4.69, 9.17) is 9.84 Å². The average molecular weight is 290 g/mol. The molecule has 0 aromatic heterocycles. The summed E-state index contributed by atoms with van der Waals surface area (Å²) in [5.74, 6) is -0.897. The molecule has 19 heavy (non-hydrogen) atoms. The van der Waals surface area contributed by atoms with Gasteiger partial charge in [0, 0.05) is 12.3 Å². The van der Waals surface area contributed by atoms with Crippen molar-refractivity contribution in [3.05, 3.63) is 0 Å². The highest BCUT2D eigenvalue weighted by molar-refractivity contribution is 8.00. The van der Waals surface area contributed by atoms with Gasteiger partial charge < -0.3 is 20.1 Å². The summed E-state index contributed by atoms with van der Waals surface area (Å²) in [6.07, 6.45) is -0.695.